The van der Waals surface area contributed by atoms with E-state index in [1.807, 2.05) is 77.1 Å². The fourth-order valence-electron chi connectivity index (χ4n) is 10.1. The number of esters is 1. The molecule has 0 bridgehead atoms. The van der Waals surface area contributed by atoms with Gasteiger partial charge in [-0.15, -0.1) is 0 Å². The molecule has 5 atom stereocenters. The van der Waals surface area contributed by atoms with Crippen molar-refractivity contribution in [3.8, 4) is 0 Å². The third kappa shape index (κ3) is 22.6. The Kier molecular flexibility index (Phi) is 26.6. The summed E-state index contributed by atoms with van der Waals surface area (Å²) in [5, 5.41) is 0.915. The van der Waals surface area contributed by atoms with E-state index in [1.54, 1.807) is 6.92 Å². The number of carbonyl (C=O) groups is 2. The van der Waals surface area contributed by atoms with Crippen LogP contribution >= 0.6 is 22.6 Å². The van der Waals surface area contributed by atoms with E-state index in [0.717, 1.165) is 68.4 Å². The molecule has 2 aliphatic rings. The third-order valence-electron chi connectivity index (χ3n) is 13.7. The summed E-state index contributed by atoms with van der Waals surface area (Å²) in [6, 6.07) is 51.1. The Morgan fingerprint density at radius 2 is 1.06 bits per heavy atom. The van der Waals surface area contributed by atoms with E-state index >= 15 is 0 Å². The maximum atomic E-state index is 12.7. The Labute approximate surface area is 512 Å². The van der Waals surface area contributed by atoms with Crippen LogP contribution in [0.2, 0.25) is 25.7 Å². The Morgan fingerprint density at radius 3 is 1.56 bits per heavy atom. The molecule has 0 aliphatic carbocycles. The van der Waals surface area contributed by atoms with E-state index in [9.17, 15) is 9.59 Å². The van der Waals surface area contributed by atoms with Gasteiger partial charge in [-0.25, -0.2) is 0 Å². The average molecular weight is 1360 g/mol. The van der Waals surface area contributed by atoms with E-state index in [0.29, 0.717) is 48.0 Å². The second-order valence-electron chi connectivity index (χ2n) is 23.2. The predicted molar refractivity (Wildman–Crippen MR) is 343 cm³/mol. The summed E-state index contributed by atoms with van der Waals surface area (Å²) in [4.78, 5) is 25.7. The monoisotopic (exact) mass is 1360 g/mol. The van der Waals surface area contributed by atoms with Gasteiger partial charge < -0.3 is 14.2 Å². The van der Waals surface area contributed by atoms with Crippen LogP contribution in [0, 0.1) is 27.7 Å². The molecule has 0 N–H and O–H groups in total. The van der Waals surface area contributed by atoms with Gasteiger partial charge in [0.2, 0.25) is 0 Å². The van der Waals surface area contributed by atoms with Crippen molar-refractivity contribution in [2.45, 2.75) is 167 Å². The van der Waals surface area contributed by atoms with Crippen molar-refractivity contribution in [3.63, 3.8) is 0 Å². The van der Waals surface area contributed by atoms with Gasteiger partial charge in [0, 0.05) is 4.43 Å². The summed E-state index contributed by atoms with van der Waals surface area (Å²) in [5.41, 5.74) is 10.8. The first-order valence-electron chi connectivity index (χ1n) is 28.4. The summed E-state index contributed by atoms with van der Waals surface area (Å²) >= 11 is 2.85. The van der Waals surface area contributed by atoms with Crippen molar-refractivity contribution in [1.82, 2.24) is 0 Å². The molecule has 9 nitrogen and oxygen atoms in total. The average Bonchev–Trinajstić information content (AvgIpc) is 3.99. The molecule has 2 heterocycles. The van der Waals surface area contributed by atoms with E-state index in [4.69, 9.17) is 33.2 Å². The van der Waals surface area contributed by atoms with Crippen LogP contribution in [0.3, 0.4) is 0 Å². The van der Waals surface area contributed by atoms with Gasteiger partial charge in [-0.05, 0) is 25.8 Å². The van der Waals surface area contributed by atoms with Crippen LogP contribution in [-0.2, 0) is 51.7 Å². The number of rotatable bonds is 24. The van der Waals surface area contributed by atoms with Crippen molar-refractivity contribution in [2.75, 3.05) is 24.2 Å². The van der Waals surface area contributed by atoms with Crippen LogP contribution in [0.5, 0.6) is 0 Å². The predicted octanol–water partition coefficient (Wildman–Crippen LogP) is 14.0. The number of Topliss-reactive ketones (excluding diaryl/α,β-unsaturated/α-hetero) is 1. The molecule has 13 heteroatoms. The fourth-order valence-corrected chi connectivity index (χ4v) is 15.8. The standard InChI is InChI=1S/C32H38O4Se.C21H28O2SeSi.C15H21IO3/c1-22-18-23(2)31(24(3)33)27(19-22)30(37-26-14-10-7-11-15-26)17-16-28-29(36-32(4,5)35-28)21-34-20-25-12-8-6-9-13-25;1-16-13-17(2)20(21(22)23-11-12-25(3,4)5)18(14-16)15-24-19-9-7-6-8-10-19;1-15(2)18-13(8-9-16)14(19-15)11-17-10-12-6-4-3-5-7-12/h6-15,18-19,28-30H,16-17,20-21H2,1-5H3;6-10,13-14H,11-12,15H2,1-5H3;3-7,13-14H,8-11H2,1-2H3/t28-,29?,30?;;13-,14?/m0.0/s1. The summed E-state index contributed by atoms with van der Waals surface area (Å²) in [6.07, 6.45) is 2.74. The number of ether oxygens (including phenoxy) is 7. The summed E-state index contributed by atoms with van der Waals surface area (Å²) in [7, 11) is -1.19. The normalized spacial score (nSPS) is 18.5. The molecule has 0 radical (unpaired) electrons. The van der Waals surface area contributed by atoms with Crippen LogP contribution in [0.1, 0.15) is 124 Å². The minimum atomic E-state index is -1.19. The molecule has 8 rings (SSSR count). The van der Waals surface area contributed by atoms with Gasteiger partial charge in [0.1, 0.15) is 6.10 Å². The summed E-state index contributed by atoms with van der Waals surface area (Å²) < 4.78 is 45.6. The van der Waals surface area contributed by atoms with Crippen LogP contribution in [-0.4, -0.2) is 110 Å². The van der Waals surface area contributed by atoms with Crippen LogP contribution in [0.4, 0.5) is 0 Å². The zero-order valence-electron chi connectivity index (χ0n) is 49.9. The van der Waals surface area contributed by atoms with Gasteiger partial charge in [-0.3, -0.25) is 0 Å². The van der Waals surface area contributed by atoms with Gasteiger partial charge in [0.05, 0.1) is 19.3 Å². The van der Waals surface area contributed by atoms with E-state index in [2.05, 4.69) is 166 Å². The molecule has 2 aliphatic heterocycles. The Bertz CT molecular complexity index is 2870. The van der Waals surface area contributed by atoms with Gasteiger partial charge in [0.25, 0.3) is 0 Å². The molecule has 6 aromatic carbocycles. The number of hydrogen-bond donors (Lipinski definition) is 0. The molecule has 2 fully saturated rings. The molecule has 3 unspecified atom stereocenters. The molecule has 81 heavy (non-hydrogen) atoms. The third-order valence-corrected chi connectivity index (χ3v) is 21.0. The first kappa shape index (κ1) is 66.3. The van der Waals surface area contributed by atoms with Crippen molar-refractivity contribution < 1.29 is 42.7 Å². The number of carbonyl (C=O) groups excluding carboxylic acids is 2. The van der Waals surface area contributed by atoms with Crippen molar-refractivity contribution in [1.29, 1.82) is 0 Å². The van der Waals surface area contributed by atoms with E-state index < -0.39 is 19.6 Å². The molecule has 0 aromatic heterocycles. The number of benzene rings is 6. The summed E-state index contributed by atoms with van der Waals surface area (Å²) in [5.74, 6) is -1.16. The molecule has 6 aromatic rings. The first-order valence-corrected chi connectivity index (χ1v) is 37.5. The van der Waals surface area contributed by atoms with Gasteiger partial charge in [0.15, 0.2) is 5.79 Å². The van der Waals surface area contributed by atoms with Crippen LogP contribution in [0.15, 0.2) is 146 Å². The second-order valence-corrected chi connectivity index (χ2v) is 34.7. The Hall–Kier alpha value is -3.79. The quantitative estimate of drug-likeness (QED) is 0.0193. The number of ketones is 1. The minimum absolute atomic E-state index is 0.0356. The van der Waals surface area contributed by atoms with Crippen LogP contribution in [0.25, 0.3) is 0 Å². The summed E-state index contributed by atoms with van der Waals surface area (Å²) in [6.45, 7) is 27.5. The number of halogens is 1. The van der Waals surface area contributed by atoms with Crippen molar-refractivity contribution in [2.24, 2.45) is 0 Å². The fraction of sp³-hybridized carbons (Fsp3) is 0.441. The number of hydrogen-bond acceptors (Lipinski definition) is 9. The molecular formula is C68H87IO9Se2Si. The molecule has 2 saturated heterocycles. The topological polar surface area (TPSA) is 98.8 Å². The molecule has 0 saturated carbocycles. The van der Waals surface area contributed by atoms with Gasteiger partial charge in [-0.1, -0.05) is 52.9 Å². The second kappa shape index (κ2) is 32.5. The molecular weight excluding hydrogens is 1270 g/mol. The SMILES string of the molecule is CC(=O)c1c(C)cc(C)cc1C(CC[C@@H]1OC(C)(C)OC1COCc1ccccc1)[Se]c1ccccc1.CC1(C)OC(COCc2ccccc2)[C@H](CCI)O1.Cc1cc(C)c(C(=O)OCC[Si](C)(C)C)c(C[Se]c2ccccc2)c1. The first-order chi connectivity index (χ1) is 38.6. The number of alkyl halides is 1. The zero-order chi connectivity index (χ0) is 58.6. The Balaban J connectivity index is 0.000000208. The van der Waals surface area contributed by atoms with E-state index in [-0.39, 0.29) is 55.9 Å². The zero-order valence-corrected chi connectivity index (χ0v) is 56.5. The maximum absolute atomic E-state index is 12.7. The van der Waals surface area contributed by atoms with Gasteiger partial charge >= 0.3 is 387 Å². The molecule has 0 amide bonds. The number of aryl methyl sites for hydroxylation is 4. The molecule has 436 valence electrons. The van der Waals surface area contributed by atoms with Crippen molar-refractivity contribution >= 4 is 81.3 Å². The molecule has 0 spiro atoms. The van der Waals surface area contributed by atoms with E-state index in [1.165, 1.54) is 31.2 Å². The van der Waals surface area contributed by atoms with Gasteiger partial charge in [-0.2, -0.15) is 0 Å². The van der Waals surface area contributed by atoms with Crippen molar-refractivity contribution in [3.05, 3.63) is 201 Å². The Morgan fingerprint density at radius 1 is 0.605 bits per heavy atom. The van der Waals surface area contributed by atoms with Crippen LogP contribution < -0.4 is 8.92 Å².